The van der Waals surface area contributed by atoms with Crippen LogP contribution in [0.2, 0.25) is 0 Å². The lowest BCUT2D eigenvalue weighted by Gasteiger charge is -2.29. The van der Waals surface area contributed by atoms with Crippen molar-refractivity contribution in [3.63, 3.8) is 0 Å². The molecule has 1 saturated carbocycles. The third-order valence-corrected chi connectivity index (χ3v) is 13.3. The van der Waals surface area contributed by atoms with Gasteiger partial charge in [0.2, 0.25) is 18.1 Å². The van der Waals surface area contributed by atoms with Gasteiger partial charge in [0.15, 0.2) is 11.5 Å². The van der Waals surface area contributed by atoms with Crippen LogP contribution in [0.1, 0.15) is 81.9 Å². The number of fused-ring (bicyclic) bond motifs is 1. The van der Waals surface area contributed by atoms with Crippen LogP contribution < -0.4 is 9.47 Å². The average Bonchev–Trinajstić information content (AvgIpc) is 3.45. The second kappa shape index (κ2) is 16.8. The van der Waals surface area contributed by atoms with Gasteiger partial charge in [-0.05, 0) is 79.5 Å². The Labute approximate surface area is 302 Å². The van der Waals surface area contributed by atoms with Gasteiger partial charge in [-0.3, -0.25) is 9.59 Å². The minimum Gasteiger partial charge on any atom is -0.461 e. The number of carbonyl (C=O) groups is 2. The first-order valence-electron chi connectivity index (χ1n) is 18.6. The van der Waals surface area contributed by atoms with Crippen molar-refractivity contribution in [1.82, 2.24) is 0 Å². The van der Waals surface area contributed by atoms with Gasteiger partial charge in [-0.2, -0.15) is 0 Å². The number of benzene rings is 3. The maximum absolute atomic E-state index is 13.6. The summed E-state index contributed by atoms with van der Waals surface area (Å²) in [5.74, 6) is 0.354. The van der Waals surface area contributed by atoms with E-state index in [4.69, 9.17) is 14.2 Å². The summed E-state index contributed by atoms with van der Waals surface area (Å²) in [4.78, 5) is 26.6. The number of hydrogen-bond donors (Lipinski definition) is 2. The summed E-state index contributed by atoms with van der Waals surface area (Å²) in [5, 5.41) is 22.6. The second-order valence-electron chi connectivity index (χ2n) is 15.3. The first kappa shape index (κ1) is 37.2. The molecule has 2 aliphatic heterocycles. The minimum atomic E-state index is -1.51. The Balaban J connectivity index is 1.11. The van der Waals surface area contributed by atoms with E-state index in [9.17, 15) is 24.4 Å². The monoisotopic (exact) mass is 715 g/mol. The lowest BCUT2D eigenvalue weighted by atomic mass is 9.75. The molecule has 272 valence electrons. The Bertz CT molecular complexity index is 1640. The van der Waals surface area contributed by atoms with Crippen molar-refractivity contribution in [2.24, 2.45) is 29.6 Å². The number of aliphatic hydroxyl groups is 2. The molecule has 8 atom stereocenters. The van der Waals surface area contributed by atoms with Crippen LogP contribution in [-0.2, 0) is 37.1 Å². The van der Waals surface area contributed by atoms with Crippen molar-refractivity contribution < 1.29 is 38.6 Å². The maximum Gasteiger partial charge on any atom is 0.360 e. The highest BCUT2D eigenvalue weighted by Crippen LogP contribution is 2.72. The number of hydrogen-bond acceptors (Lipinski definition) is 8. The first-order valence-corrected chi connectivity index (χ1v) is 20.1. The standard InChI is InChI=1S/C42H52O8P/c1-28(2)20-33(42(26-51(42)47)32-16-19-39-40(24-32)50-27-49-39)23-38(45)31(21-29-10-5-3-6-11-29)22-34(43)17-18-37(44)35-14-9-15-36(35)41(46)48-25-30-12-7-4-8-13-30/h3-8,10-13,16,19,24,28,31,33,35-38,44-45H,9,14-15,17-18,20-23,25-27H2,1-2H3/q+1. The Morgan fingerprint density at radius 1 is 0.922 bits per heavy atom. The van der Waals surface area contributed by atoms with Gasteiger partial charge in [-0.15, -0.1) is 0 Å². The summed E-state index contributed by atoms with van der Waals surface area (Å²) in [7, 11) is -1.51. The third-order valence-electron chi connectivity index (χ3n) is 11.2. The van der Waals surface area contributed by atoms with E-state index in [1.807, 2.05) is 78.9 Å². The lowest BCUT2D eigenvalue weighted by molar-refractivity contribution is -0.152. The van der Waals surface area contributed by atoms with Crippen LogP contribution in [0.5, 0.6) is 11.5 Å². The molecule has 51 heavy (non-hydrogen) atoms. The molecule has 3 aromatic carbocycles. The fraction of sp³-hybridized carbons (Fsp3) is 0.524. The van der Waals surface area contributed by atoms with E-state index in [2.05, 4.69) is 13.8 Å². The predicted octanol–water partition coefficient (Wildman–Crippen LogP) is 7.98. The minimum absolute atomic E-state index is 0.0152. The van der Waals surface area contributed by atoms with E-state index in [0.717, 1.165) is 36.0 Å². The number of carbonyl (C=O) groups excluding carboxylic acids is 2. The lowest BCUT2D eigenvalue weighted by Crippen LogP contribution is -2.33. The fourth-order valence-corrected chi connectivity index (χ4v) is 10.5. The van der Waals surface area contributed by atoms with E-state index < -0.39 is 25.2 Å². The highest BCUT2D eigenvalue weighted by Gasteiger charge is 2.74. The molecule has 8 nitrogen and oxygen atoms in total. The summed E-state index contributed by atoms with van der Waals surface area (Å²) >= 11 is 0. The van der Waals surface area contributed by atoms with Gasteiger partial charge in [0.05, 0.1) is 18.1 Å². The smallest absolute Gasteiger partial charge is 0.360 e. The van der Waals surface area contributed by atoms with Crippen LogP contribution >= 0.6 is 7.80 Å². The molecule has 2 heterocycles. The molecule has 3 aromatic rings. The van der Waals surface area contributed by atoms with Gasteiger partial charge < -0.3 is 24.4 Å². The number of ketones is 1. The normalized spacial score (nSPS) is 23.8. The topological polar surface area (TPSA) is 119 Å². The van der Waals surface area contributed by atoms with Gasteiger partial charge in [-0.25, -0.2) is 0 Å². The van der Waals surface area contributed by atoms with Crippen LogP contribution in [0.15, 0.2) is 78.9 Å². The molecule has 1 aliphatic carbocycles. The average molecular weight is 716 g/mol. The van der Waals surface area contributed by atoms with E-state index in [1.54, 1.807) is 0 Å². The molecule has 0 aromatic heterocycles. The Morgan fingerprint density at radius 2 is 1.61 bits per heavy atom. The fourth-order valence-electron chi connectivity index (χ4n) is 8.45. The highest BCUT2D eigenvalue weighted by atomic mass is 31.1. The zero-order chi connectivity index (χ0) is 36.0. The van der Waals surface area contributed by atoms with E-state index in [1.165, 1.54) is 0 Å². The first-order chi connectivity index (χ1) is 24.6. The zero-order valence-corrected chi connectivity index (χ0v) is 30.7. The van der Waals surface area contributed by atoms with Gasteiger partial charge in [-0.1, -0.05) is 91.6 Å². The Hall–Kier alpha value is -3.58. The number of rotatable bonds is 18. The SMILES string of the molecule is CC(C)CC(CC(O)C(CC(=O)CCC(O)C1CCCC1C(=O)OCc1ccccc1)Cc1ccccc1)C1(c2ccc3c(c2)OCO3)C[P+]1=O. The molecule has 2 fully saturated rings. The molecule has 1 saturated heterocycles. The molecule has 9 heteroatoms. The molecule has 0 radical (unpaired) electrons. The predicted molar refractivity (Wildman–Crippen MR) is 196 cm³/mol. The summed E-state index contributed by atoms with van der Waals surface area (Å²) in [5.41, 5.74) is 2.92. The second-order valence-corrected chi connectivity index (χ2v) is 17.1. The van der Waals surface area contributed by atoms with Crippen molar-refractivity contribution in [2.45, 2.75) is 95.6 Å². The van der Waals surface area contributed by atoms with Crippen LogP contribution in [0.3, 0.4) is 0 Å². The van der Waals surface area contributed by atoms with Gasteiger partial charge in [0.25, 0.3) is 0 Å². The molecule has 0 bridgehead atoms. The molecule has 0 amide bonds. The number of ether oxygens (including phenoxy) is 3. The van der Waals surface area contributed by atoms with E-state index in [-0.39, 0.29) is 68.1 Å². The van der Waals surface area contributed by atoms with Crippen molar-refractivity contribution in [3.05, 3.63) is 95.6 Å². The van der Waals surface area contributed by atoms with Crippen LogP contribution in [0.25, 0.3) is 0 Å². The Morgan fingerprint density at radius 3 is 2.29 bits per heavy atom. The number of Topliss-reactive ketones (excluding diaryl/α,β-unsaturated/α-hetero) is 1. The summed E-state index contributed by atoms with van der Waals surface area (Å²) in [6.45, 7) is 4.67. The summed E-state index contributed by atoms with van der Waals surface area (Å²) in [6, 6.07) is 25.3. The van der Waals surface area contributed by atoms with Crippen LogP contribution in [0, 0.1) is 29.6 Å². The molecule has 2 N–H and O–H groups in total. The molecule has 0 spiro atoms. The van der Waals surface area contributed by atoms with Gasteiger partial charge in [0.1, 0.15) is 12.4 Å². The molecular weight excluding hydrogens is 663 g/mol. The molecule has 3 aliphatic rings. The van der Waals surface area contributed by atoms with E-state index in [0.29, 0.717) is 42.8 Å². The molecule has 8 unspecified atom stereocenters. The van der Waals surface area contributed by atoms with Gasteiger partial charge in [0, 0.05) is 24.3 Å². The van der Waals surface area contributed by atoms with Crippen LogP contribution in [-0.4, -0.2) is 47.1 Å². The van der Waals surface area contributed by atoms with Crippen molar-refractivity contribution in [2.75, 3.05) is 13.0 Å². The molecule has 6 rings (SSSR count). The third kappa shape index (κ3) is 9.08. The molecular formula is C42H52O8P+. The summed E-state index contributed by atoms with van der Waals surface area (Å²) in [6.07, 6.45) is 3.58. The zero-order valence-electron chi connectivity index (χ0n) is 29.8. The number of esters is 1. The van der Waals surface area contributed by atoms with E-state index >= 15 is 0 Å². The largest absolute Gasteiger partial charge is 0.461 e. The van der Waals surface area contributed by atoms with Crippen molar-refractivity contribution in [3.8, 4) is 11.5 Å². The van der Waals surface area contributed by atoms with Crippen molar-refractivity contribution in [1.29, 1.82) is 0 Å². The van der Waals surface area contributed by atoms with Crippen LogP contribution in [0.4, 0.5) is 0 Å². The quantitative estimate of drug-likeness (QED) is 0.101. The van der Waals surface area contributed by atoms with Gasteiger partial charge >= 0.3 is 13.8 Å². The summed E-state index contributed by atoms with van der Waals surface area (Å²) < 4.78 is 30.3. The Kier molecular flexibility index (Phi) is 12.3. The highest BCUT2D eigenvalue weighted by molar-refractivity contribution is 7.54. The van der Waals surface area contributed by atoms with Crippen molar-refractivity contribution >= 4 is 19.6 Å². The maximum atomic E-state index is 13.6. The number of aliphatic hydroxyl groups excluding tert-OH is 2.